The summed E-state index contributed by atoms with van der Waals surface area (Å²) in [5.74, 6) is -0.0798. The Morgan fingerprint density at radius 1 is 1.36 bits per heavy atom. The maximum Gasteiger partial charge on any atom is 0.227 e. The average molecular weight is 302 g/mol. The van der Waals surface area contributed by atoms with Crippen LogP contribution >= 0.6 is 0 Å². The van der Waals surface area contributed by atoms with Crippen LogP contribution in [0.4, 0.5) is 5.69 Å². The van der Waals surface area contributed by atoms with E-state index in [2.05, 4.69) is 5.32 Å². The number of aliphatic hydroxyl groups is 1. The molecule has 5 heteroatoms. The predicted octanol–water partition coefficient (Wildman–Crippen LogP) is 1.56. The third-order valence-electron chi connectivity index (χ3n) is 4.73. The molecular weight excluding hydrogens is 280 g/mol. The lowest BCUT2D eigenvalue weighted by molar-refractivity contribution is -0.133. The Labute approximate surface area is 130 Å². The Balaban J connectivity index is 1.58. The lowest BCUT2D eigenvalue weighted by Gasteiger charge is -2.26. The number of carbonyl (C=O) groups excluding carboxylic acids is 2. The zero-order valence-corrected chi connectivity index (χ0v) is 12.6. The van der Waals surface area contributed by atoms with Gasteiger partial charge in [-0.05, 0) is 37.3 Å². The molecule has 2 amide bonds. The van der Waals surface area contributed by atoms with Crippen LogP contribution in [0.2, 0.25) is 0 Å². The fourth-order valence-corrected chi connectivity index (χ4v) is 3.44. The molecule has 0 spiro atoms. The first-order valence-corrected chi connectivity index (χ1v) is 7.98. The predicted molar refractivity (Wildman–Crippen MR) is 83.3 cm³/mol. The van der Waals surface area contributed by atoms with Gasteiger partial charge in [-0.3, -0.25) is 9.59 Å². The standard InChI is InChI=1S/C17H22N2O3/c20-11-14-5-3-9-19(14)16(21)8-7-13-10-12-4-1-2-6-15(12)18-17(13)22/h1-2,4,6,13-14,20H,3,5,7-11H2,(H,18,22)/t13?,14-/m1/s1. The minimum absolute atomic E-state index is 0.00614. The van der Waals surface area contributed by atoms with Crippen LogP contribution in [0.25, 0.3) is 0 Å². The van der Waals surface area contributed by atoms with Crippen LogP contribution in [0.15, 0.2) is 24.3 Å². The molecule has 0 radical (unpaired) electrons. The van der Waals surface area contributed by atoms with Crippen molar-refractivity contribution in [1.29, 1.82) is 0 Å². The minimum Gasteiger partial charge on any atom is -0.394 e. The highest BCUT2D eigenvalue weighted by molar-refractivity contribution is 5.96. The second-order valence-electron chi connectivity index (χ2n) is 6.15. The summed E-state index contributed by atoms with van der Waals surface area (Å²) in [5, 5.41) is 12.2. The fraction of sp³-hybridized carbons (Fsp3) is 0.529. The molecule has 22 heavy (non-hydrogen) atoms. The number of anilines is 1. The van der Waals surface area contributed by atoms with E-state index in [1.807, 2.05) is 24.3 Å². The summed E-state index contributed by atoms with van der Waals surface area (Å²) in [7, 11) is 0. The second-order valence-corrected chi connectivity index (χ2v) is 6.15. The van der Waals surface area contributed by atoms with Crippen molar-refractivity contribution in [3.05, 3.63) is 29.8 Å². The summed E-state index contributed by atoms with van der Waals surface area (Å²) in [6.45, 7) is 0.757. The smallest absolute Gasteiger partial charge is 0.227 e. The number of nitrogens with one attached hydrogen (secondary N) is 1. The van der Waals surface area contributed by atoms with E-state index < -0.39 is 0 Å². The highest BCUT2D eigenvalue weighted by atomic mass is 16.3. The summed E-state index contributed by atoms with van der Waals surface area (Å²) < 4.78 is 0. The molecule has 5 nitrogen and oxygen atoms in total. The Kier molecular flexibility index (Phi) is 4.43. The molecule has 0 saturated carbocycles. The van der Waals surface area contributed by atoms with Gasteiger partial charge >= 0.3 is 0 Å². The van der Waals surface area contributed by atoms with E-state index in [-0.39, 0.29) is 30.4 Å². The number of benzene rings is 1. The summed E-state index contributed by atoms with van der Waals surface area (Å²) in [5.41, 5.74) is 2.02. The zero-order chi connectivity index (χ0) is 15.5. The van der Waals surface area contributed by atoms with E-state index in [9.17, 15) is 14.7 Å². The topological polar surface area (TPSA) is 69.6 Å². The first kappa shape index (κ1) is 15.0. The van der Waals surface area contributed by atoms with E-state index in [1.165, 1.54) is 0 Å². The molecule has 118 valence electrons. The molecule has 2 heterocycles. The number of amides is 2. The molecule has 2 N–H and O–H groups in total. The van der Waals surface area contributed by atoms with Crippen molar-refractivity contribution in [2.24, 2.45) is 5.92 Å². The second kappa shape index (κ2) is 6.48. The van der Waals surface area contributed by atoms with Crippen molar-refractivity contribution in [1.82, 2.24) is 4.90 Å². The molecule has 0 aromatic heterocycles. The van der Waals surface area contributed by atoms with Crippen molar-refractivity contribution < 1.29 is 14.7 Å². The lowest BCUT2D eigenvalue weighted by atomic mass is 9.89. The molecule has 1 aromatic carbocycles. The Morgan fingerprint density at radius 3 is 3.00 bits per heavy atom. The molecule has 1 fully saturated rings. The Morgan fingerprint density at radius 2 is 2.18 bits per heavy atom. The van der Waals surface area contributed by atoms with Crippen LogP contribution in [-0.2, 0) is 16.0 Å². The van der Waals surface area contributed by atoms with Gasteiger partial charge in [-0.25, -0.2) is 0 Å². The highest BCUT2D eigenvalue weighted by Gasteiger charge is 2.30. The highest BCUT2D eigenvalue weighted by Crippen LogP contribution is 2.28. The number of carbonyl (C=O) groups is 2. The molecule has 0 aliphatic carbocycles. The summed E-state index contributed by atoms with van der Waals surface area (Å²) in [6.07, 6.45) is 3.46. The normalized spacial score (nSPS) is 24.0. The molecular formula is C17H22N2O3. The number of rotatable bonds is 4. The van der Waals surface area contributed by atoms with E-state index in [0.717, 1.165) is 30.6 Å². The van der Waals surface area contributed by atoms with Crippen LogP contribution in [0.5, 0.6) is 0 Å². The average Bonchev–Trinajstić information content (AvgIpc) is 3.01. The largest absolute Gasteiger partial charge is 0.394 e. The number of para-hydroxylation sites is 1. The van der Waals surface area contributed by atoms with Crippen molar-refractivity contribution in [2.45, 2.75) is 38.1 Å². The zero-order valence-electron chi connectivity index (χ0n) is 12.6. The lowest BCUT2D eigenvalue weighted by Crippen LogP contribution is -2.38. The first-order valence-electron chi connectivity index (χ1n) is 7.98. The quantitative estimate of drug-likeness (QED) is 0.887. The molecule has 1 aromatic rings. The van der Waals surface area contributed by atoms with Gasteiger partial charge in [0.05, 0.1) is 12.6 Å². The molecule has 2 aliphatic rings. The maximum absolute atomic E-state index is 12.3. The number of likely N-dealkylation sites (tertiary alicyclic amines) is 1. The number of hydrogen-bond donors (Lipinski definition) is 2. The van der Waals surface area contributed by atoms with E-state index in [1.54, 1.807) is 4.90 Å². The van der Waals surface area contributed by atoms with E-state index >= 15 is 0 Å². The number of nitrogens with zero attached hydrogens (tertiary/aromatic N) is 1. The molecule has 1 saturated heterocycles. The third-order valence-corrected chi connectivity index (χ3v) is 4.73. The monoisotopic (exact) mass is 302 g/mol. The summed E-state index contributed by atoms with van der Waals surface area (Å²) in [6, 6.07) is 7.77. The van der Waals surface area contributed by atoms with Gasteiger partial charge in [0.2, 0.25) is 11.8 Å². The van der Waals surface area contributed by atoms with Crippen LogP contribution in [0.1, 0.15) is 31.2 Å². The van der Waals surface area contributed by atoms with Gasteiger partial charge < -0.3 is 15.3 Å². The van der Waals surface area contributed by atoms with E-state index in [4.69, 9.17) is 0 Å². The Bertz CT molecular complexity index is 573. The molecule has 3 rings (SSSR count). The third kappa shape index (κ3) is 2.99. The Hall–Kier alpha value is -1.88. The van der Waals surface area contributed by atoms with Gasteiger partial charge in [-0.1, -0.05) is 18.2 Å². The first-order chi connectivity index (χ1) is 10.7. The summed E-state index contributed by atoms with van der Waals surface area (Å²) in [4.78, 5) is 26.2. The van der Waals surface area contributed by atoms with Gasteiger partial charge in [0.25, 0.3) is 0 Å². The SMILES string of the molecule is O=C1Nc2ccccc2CC1CCC(=O)N1CCC[C@@H]1CO. The van der Waals surface area contributed by atoms with Crippen LogP contribution in [0.3, 0.4) is 0 Å². The van der Waals surface area contributed by atoms with Crippen molar-refractivity contribution in [3.8, 4) is 0 Å². The van der Waals surface area contributed by atoms with Crippen molar-refractivity contribution in [2.75, 3.05) is 18.5 Å². The summed E-state index contributed by atoms with van der Waals surface area (Å²) >= 11 is 0. The van der Waals surface area contributed by atoms with E-state index in [0.29, 0.717) is 19.3 Å². The van der Waals surface area contributed by atoms with Crippen LogP contribution < -0.4 is 5.32 Å². The van der Waals surface area contributed by atoms with Gasteiger partial charge in [-0.2, -0.15) is 0 Å². The van der Waals surface area contributed by atoms with Crippen LogP contribution in [0, 0.1) is 5.92 Å². The number of aliphatic hydroxyl groups excluding tert-OH is 1. The molecule has 2 aliphatic heterocycles. The molecule has 1 unspecified atom stereocenters. The van der Waals surface area contributed by atoms with Gasteiger partial charge in [0, 0.05) is 24.6 Å². The number of fused-ring (bicyclic) bond motifs is 1. The molecule has 0 bridgehead atoms. The van der Waals surface area contributed by atoms with Crippen molar-refractivity contribution >= 4 is 17.5 Å². The van der Waals surface area contributed by atoms with Gasteiger partial charge in [0.15, 0.2) is 0 Å². The number of hydrogen-bond acceptors (Lipinski definition) is 3. The minimum atomic E-state index is -0.144. The maximum atomic E-state index is 12.3. The van der Waals surface area contributed by atoms with Crippen LogP contribution in [-0.4, -0.2) is 41.0 Å². The molecule has 2 atom stereocenters. The van der Waals surface area contributed by atoms with Gasteiger partial charge in [-0.15, -0.1) is 0 Å². The van der Waals surface area contributed by atoms with Gasteiger partial charge in [0.1, 0.15) is 0 Å². The fourth-order valence-electron chi connectivity index (χ4n) is 3.44. The van der Waals surface area contributed by atoms with Crippen molar-refractivity contribution in [3.63, 3.8) is 0 Å².